The molecule has 1 fully saturated rings. The van der Waals surface area contributed by atoms with Crippen LogP contribution in [0.15, 0.2) is 30.6 Å². The Kier molecular flexibility index (Phi) is 4.21. The predicted octanol–water partition coefficient (Wildman–Crippen LogP) is 1.17. The van der Waals surface area contributed by atoms with Crippen LogP contribution < -0.4 is 5.32 Å². The largest absolute Gasteiger partial charge is 0.479 e. The zero-order valence-electron chi connectivity index (χ0n) is 10.2. The molecule has 100 valence electrons. The van der Waals surface area contributed by atoms with E-state index in [1.807, 2.05) is 6.07 Å². The molecule has 1 aliphatic heterocycles. The fourth-order valence-electron chi connectivity index (χ4n) is 1.81. The molecular weight excluding hydrogens is 264 g/mol. The first-order chi connectivity index (χ1) is 9.12. The van der Waals surface area contributed by atoms with Crippen LogP contribution in [-0.4, -0.2) is 39.0 Å². The van der Waals surface area contributed by atoms with Gasteiger partial charge in [0.1, 0.15) is 5.54 Å². The van der Waals surface area contributed by atoms with Crippen molar-refractivity contribution in [2.45, 2.75) is 12.0 Å². The minimum Gasteiger partial charge on any atom is -0.479 e. The SMILES string of the molecule is O=C(C=Cc1cccnc1)NC1(C(=O)O)CCSC1. The lowest BCUT2D eigenvalue weighted by molar-refractivity contribution is -0.145. The highest BCUT2D eigenvalue weighted by Crippen LogP contribution is 2.28. The number of carboxylic acids is 1. The lowest BCUT2D eigenvalue weighted by Crippen LogP contribution is -2.54. The first-order valence-corrected chi connectivity index (χ1v) is 6.99. The van der Waals surface area contributed by atoms with E-state index in [1.165, 1.54) is 17.8 Å². The standard InChI is InChI=1S/C13H14N2O3S/c16-11(4-3-10-2-1-6-14-8-10)15-13(12(17)18)5-7-19-9-13/h1-4,6,8H,5,7,9H2,(H,15,16)(H,17,18). The molecule has 1 atom stereocenters. The van der Waals surface area contributed by atoms with Crippen LogP contribution >= 0.6 is 11.8 Å². The first kappa shape index (κ1) is 13.6. The Bertz CT molecular complexity index is 496. The van der Waals surface area contributed by atoms with Gasteiger partial charge in [0.25, 0.3) is 0 Å². The van der Waals surface area contributed by atoms with Crippen molar-refractivity contribution in [2.24, 2.45) is 0 Å². The highest BCUT2D eigenvalue weighted by molar-refractivity contribution is 7.99. The maximum Gasteiger partial charge on any atom is 0.330 e. The van der Waals surface area contributed by atoms with Crippen LogP contribution in [0.5, 0.6) is 0 Å². The van der Waals surface area contributed by atoms with Crippen molar-refractivity contribution in [3.05, 3.63) is 36.2 Å². The molecule has 5 nitrogen and oxygen atoms in total. The number of nitrogens with one attached hydrogen (secondary N) is 1. The third-order valence-electron chi connectivity index (χ3n) is 2.91. The molecule has 1 unspecified atom stereocenters. The van der Waals surface area contributed by atoms with E-state index in [0.717, 1.165) is 11.3 Å². The van der Waals surface area contributed by atoms with Crippen LogP contribution in [0.4, 0.5) is 0 Å². The summed E-state index contributed by atoms with van der Waals surface area (Å²) in [4.78, 5) is 27.0. The van der Waals surface area contributed by atoms with Crippen molar-refractivity contribution in [3.63, 3.8) is 0 Å². The van der Waals surface area contributed by atoms with Gasteiger partial charge in [0.2, 0.25) is 5.91 Å². The van der Waals surface area contributed by atoms with Crippen molar-refractivity contribution in [1.29, 1.82) is 0 Å². The summed E-state index contributed by atoms with van der Waals surface area (Å²) >= 11 is 1.54. The third kappa shape index (κ3) is 3.35. The molecule has 0 aromatic carbocycles. The molecule has 2 rings (SSSR count). The number of pyridine rings is 1. The number of nitrogens with zero attached hydrogens (tertiary/aromatic N) is 1. The molecule has 0 radical (unpaired) electrons. The summed E-state index contributed by atoms with van der Waals surface area (Å²) < 4.78 is 0. The predicted molar refractivity (Wildman–Crippen MR) is 73.7 cm³/mol. The maximum atomic E-state index is 11.8. The number of thioether (sulfide) groups is 1. The zero-order valence-corrected chi connectivity index (χ0v) is 11.0. The van der Waals surface area contributed by atoms with E-state index in [2.05, 4.69) is 10.3 Å². The number of amides is 1. The smallest absolute Gasteiger partial charge is 0.330 e. The van der Waals surface area contributed by atoms with Gasteiger partial charge < -0.3 is 10.4 Å². The summed E-state index contributed by atoms with van der Waals surface area (Å²) in [5, 5.41) is 11.8. The van der Waals surface area contributed by atoms with Gasteiger partial charge in [-0.15, -0.1) is 0 Å². The molecule has 1 aliphatic rings. The Morgan fingerprint density at radius 3 is 2.95 bits per heavy atom. The van der Waals surface area contributed by atoms with E-state index in [1.54, 1.807) is 24.5 Å². The van der Waals surface area contributed by atoms with Crippen molar-refractivity contribution < 1.29 is 14.7 Å². The second kappa shape index (κ2) is 5.88. The van der Waals surface area contributed by atoms with Gasteiger partial charge in [-0.3, -0.25) is 9.78 Å². The topological polar surface area (TPSA) is 79.3 Å². The van der Waals surface area contributed by atoms with Gasteiger partial charge in [0.05, 0.1) is 0 Å². The first-order valence-electron chi connectivity index (χ1n) is 5.84. The number of aliphatic carboxylic acids is 1. The van der Waals surface area contributed by atoms with Gasteiger partial charge in [-0.05, 0) is 29.9 Å². The van der Waals surface area contributed by atoms with E-state index in [0.29, 0.717) is 12.2 Å². The van der Waals surface area contributed by atoms with Gasteiger partial charge in [0, 0.05) is 24.2 Å². The molecule has 0 bridgehead atoms. The highest BCUT2D eigenvalue weighted by atomic mass is 32.2. The van der Waals surface area contributed by atoms with Crippen LogP contribution in [0.25, 0.3) is 6.08 Å². The summed E-state index contributed by atoms with van der Waals surface area (Å²) in [6.45, 7) is 0. The normalized spacial score (nSPS) is 22.5. The van der Waals surface area contributed by atoms with Crippen LogP contribution in [-0.2, 0) is 9.59 Å². The number of hydrogen-bond donors (Lipinski definition) is 2. The number of rotatable bonds is 4. The highest BCUT2D eigenvalue weighted by Gasteiger charge is 2.42. The van der Waals surface area contributed by atoms with E-state index in [-0.39, 0.29) is 0 Å². The van der Waals surface area contributed by atoms with E-state index in [4.69, 9.17) is 0 Å². The van der Waals surface area contributed by atoms with Crippen molar-refractivity contribution in [1.82, 2.24) is 10.3 Å². The van der Waals surface area contributed by atoms with Crippen LogP contribution in [0.3, 0.4) is 0 Å². The Morgan fingerprint density at radius 1 is 1.53 bits per heavy atom. The molecule has 1 amide bonds. The molecule has 1 saturated heterocycles. The summed E-state index contributed by atoms with van der Waals surface area (Å²) in [7, 11) is 0. The maximum absolute atomic E-state index is 11.8. The molecule has 19 heavy (non-hydrogen) atoms. The molecule has 0 spiro atoms. The number of carbonyl (C=O) groups is 2. The number of carboxylic acid groups (broad SMARTS) is 1. The van der Waals surface area contributed by atoms with Crippen molar-refractivity contribution >= 4 is 29.7 Å². The van der Waals surface area contributed by atoms with Gasteiger partial charge in [-0.2, -0.15) is 11.8 Å². The third-order valence-corrected chi connectivity index (χ3v) is 4.09. The molecule has 0 saturated carbocycles. The van der Waals surface area contributed by atoms with Crippen molar-refractivity contribution in [3.8, 4) is 0 Å². The minimum atomic E-state index is -1.12. The molecule has 2 N–H and O–H groups in total. The Balaban J connectivity index is 2.01. The fourth-order valence-corrected chi connectivity index (χ4v) is 3.14. The van der Waals surface area contributed by atoms with Crippen molar-refractivity contribution in [2.75, 3.05) is 11.5 Å². The summed E-state index contributed by atoms with van der Waals surface area (Å²) in [5.74, 6) is -0.206. The minimum absolute atomic E-state index is 0.395. The number of carbonyl (C=O) groups excluding carboxylic acids is 1. The van der Waals surface area contributed by atoms with E-state index in [9.17, 15) is 14.7 Å². The van der Waals surface area contributed by atoms with Gasteiger partial charge >= 0.3 is 5.97 Å². The average molecular weight is 278 g/mol. The second-order valence-electron chi connectivity index (χ2n) is 4.30. The summed E-state index contributed by atoms with van der Waals surface area (Å²) in [6.07, 6.45) is 6.68. The molecule has 6 heteroatoms. The quantitative estimate of drug-likeness (QED) is 0.808. The molecule has 1 aromatic heterocycles. The lowest BCUT2D eigenvalue weighted by Gasteiger charge is -2.23. The van der Waals surface area contributed by atoms with Gasteiger partial charge in [-0.25, -0.2) is 4.79 Å². The average Bonchev–Trinajstić information content (AvgIpc) is 2.87. The van der Waals surface area contributed by atoms with E-state index < -0.39 is 17.4 Å². The Morgan fingerprint density at radius 2 is 2.37 bits per heavy atom. The van der Waals surface area contributed by atoms with Gasteiger partial charge in [-0.1, -0.05) is 6.07 Å². The molecular formula is C13H14N2O3S. The Labute approximate surface area is 115 Å². The number of hydrogen-bond acceptors (Lipinski definition) is 4. The fraction of sp³-hybridized carbons (Fsp3) is 0.308. The van der Waals surface area contributed by atoms with Crippen LogP contribution in [0.2, 0.25) is 0 Å². The summed E-state index contributed by atoms with van der Waals surface area (Å²) in [5.41, 5.74) is -0.330. The monoisotopic (exact) mass is 278 g/mol. The summed E-state index contributed by atoms with van der Waals surface area (Å²) in [6, 6.07) is 3.58. The number of aromatic nitrogens is 1. The molecule has 2 heterocycles. The zero-order chi connectivity index (χ0) is 13.7. The lowest BCUT2D eigenvalue weighted by atomic mass is 9.99. The Hall–Kier alpha value is -1.82. The molecule has 0 aliphatic carbocycles. The second-order valence-corrected chi connectivity index (χ2v) is 5.40. The van der Waals surface area contributed by atoms with Crippen LogP contribution in [0.1, 0.15) is 12.0 Å². The van der Waals surface area contributed by atoms with E-state index >= 15 is 0 Å². The van der Waals surface area contributed by atoms with Crippen LogP contribution in [0, 0.1) is 0 Å². The molecule has 1 aromatic rings. The van der Waals surface area contributed by atoms with Gasteiger partial charge in [0.15, 0.2) is 0 Å².